The molecule has 0 N–H and O–H groups in total. The highest BCUT2D eigenvalue weighted by molar-refractivity contribution is 7.98. The summed E-state index contributed by atoms with van der Waals surface area (Å²) in [4.78, 5) is 15.9. The van der Waals surface area contributed by atoms with Gasteiger partial charge in [-0.05, 0) is 62.0 Å². The monoisotopic (exact) mass is 309 g/mol. The standard InChI is InChI=1S/C16H20ClNOS/c1-20-13-6-7-15(17)14(8-13)16(19)18(9-11-2-3-11)10-12-4-5-12/h6-8,11-12H,2-5,9-10H2,1H3. The van der Waals surface area contributed by atoms with Crippen LogP contribution in [0.15, 0.2) is 23.1 Å². The molecule has 0 saturated heterocycles. The highest BCUT2D eigenvalue weighted by Gasteiger charge is 2.32. The molecule has 0 aromatic heterocycles. The number of hydrogen-bond acceptors (Lipinski definition) is 2. The summed E-state index contributed by atoms with van der Waals surface area (Å²) in [6, 6.07) is 5.74. The van der Waals surface area contributed by atoms with Crippen LogP contribution in [-0.2, 0) is 0 Å². The third-order valence-electron chi connectivity index (χ3n) is 4.04. The lowest BCUT2D eigenvalue weighted by atomic mass is 10.1. The number of carbonyl (C=O) groups is 1. The molecule has 2 saturated carbocycles. The van der Waals surface area contributed by atoms with E-state index in [0.717, 1.165) is 29.8 Å². The smallest absolute Gasteiger partial charge is 0.255 e. The van der Waals surface area contributed by atoms with Crippen molar-refractivity contribution in [3.05, 3.63) is 28.8 Å². The molecule has 1 aromatic carbocycles. The van der Waals surface area contributed by atoms with Crippen LogP contribution in [-0.4, -0.2) is 30.2 Å². The van der Waals surface area contributed by atoms with Crippen LogP contribution in [0.4, 0.5) is 0 Å². The highest BCUT2D eigenvalue weighted by atomic mass is 35.5. The van der Waals surface area contributed by atoms with Crippen LogP contribution in [0.1, 0.15) is 36.0 Å². The summed E-state index contributed by atoms with van der Waals surface area (Å²) in [5.74, 6) is 1.56. The van der Waals surface area contributed by atoms with E-state index in [9.17, 15) is 4.79 Å². The molecule has 2 aliphatic rings. The Morgan fingerprint density at radius 1 is 1.25 bits per heavy atom. The number of nitrogens with zero attached hydrogens (tertiary/aromatic N) is 1. The third kappa shape index (κ3) is 3.50. The van der Waals surface area contributed by atoms with E-state index in [1.54, 1.807) is 11.8 Å². The molecule has 3 rings (SSSR count). The first kappa shape index (κ1) is 14.3. The van der Waals surface area contributed by atoms with E-state index >= 15 is 0 Å². The lowest BCUT2D eigenvalue weighted by molar-refractivity contribution is 0.0739. The minimum absolute atomic E-state index is 0.115. The van der Waals surface area contributed by atoms with Gasteiger partial charge in [0.05, 0.1) is 10.6 Å². The molecule has 0 radical (unpaired) electrons. The van der Waals surface area contributed by atoms with Gasteiger partial charge in [0, 0.05) is 18.0 Å². The summed E-state index contributed by atoms with van der Waals surface area (Å²) in [6.07, 6.45) is 7.10. The van der Waals surface area contributed by atoms with E-state index < -0.39 is 0 Å². The fourth-order valence-corrected chi connectivity index (χ4v) is 3.07. The van der Waals surface area contributed by atoms with E-state index in [4.69, 9.17) is 11.6 Å². The quantitative estimate of drug-likeness (QED) is 0.729. The minimum Gasteiger partial charge on any atom is -0.338 e. The summed E-state index contributed by atoms with van der Waals surface area (Å²) in [6.45, 7) is 1.82. The number of carbonyl (C=O) groups excluding carboxylic acids is 1. The van der Waals surface area contributed by atoms with Gasteiger partial charge in [0.1, 0.15) is 0 Å². The molecule has 0 unspecified atom stereocenters. The van der Waals surface area contributed by atoms with Crippen LogP contribution in [0.25, 0.3) is 0 Å². The van der Waals surface area contributed by atoms with Crippen LogP contribution in [0, 0.1) is 11.8 Å². The number of hydrogen-bond donors (Lipinski definition) is 0. The van der Waals surface area contributed by atoms with E-state index in [1.165, 1.54) is 25.7 Å². The summed E-state index contributed by atoms with van der Waals surface area (Å²) in [5.41, 5.74) is 0.666. The molecule has 0 aliphatic heterocycles. The second-order valence-corrected chi connectivity index (χ2v) is 7.23. The fraction of sp³-hybridized carbons (Fsp3) is 0.562. The van der Waals surface area contributed by atoms with Crippen molar-refractivity contribution >= 4 is 29.3 Å². The molecular weight excluding hydrogens is 290 g/mol. The molecular formula is C16H20ClNOS. The zero-order chi connectivity index (χ0) is 14.1. The molecule has 108 valence electrons. The van der Waals surface area contributed by atoms with Crippen molar-refractivity contribution in [2.75, 3.05) is 19.3 Å². The maximum atomic E-state index is 12.8. The van der Waals surface area contributed by atoms with E-state index in [-0.39, 0.29) is 5.91 Å². The Morgan fingerprint density at radius 2 is 1.85 bits per heavy atom. The highest BCUT2D eigenvalue weighted by Crippen LogP contribution is 2.35. The Morgan fingerprint density at radius 3 is 2.35 bits per heavy atom. The van der Waals surface area contributed by atoms with Crippen LogP contribution in [0.2, 0.25) is 5.02 Å². The Labute approximate surface area is 129 Å². The number of thioether (sulfide) groups is 1. The summed E-state index contributed by atoms with van der Waals surface area (Å²) in [7, 11) is 0. The molecule has 0 heterocycles. The van der Waals surface area contributed by atoms with E-state index in [0.29, 0.717) is 10.6 Å². The third-order valence-corrected chi connectivity index (χ3v) is 5.10. The largest absolute Gasteiger partial charge is 0.338 e. The van der Waals surface area contributed by atoms with Gasteiger partial charge in [-0.25, -0.2) is 0 Å². The predicted octanol–water partition coefficient (Wildman–Crippen LogP) is 4.32. The van der Waals surface area contributed by atoms with Crippen molar-refractivity contribution < 1.29 is 4.79 Å². The topological polar surface area (TPSA) is 20.3 Å². The first-order valence-electron chi connectivity index (χ1n) is 7.30. The van der Waals surface area contributed by atoms with Crippen molar-refractivity contribution in [3.8, 4) is 0 Å². The molecule has 4 heteroatoms. The second kappa shape index (κ2) is 5.98. The summed E-state index contributed by atoms with van der Waals surface area (Å²) < 4.78 is 0. The number of benzene rings is 1. The molecule has 1 aromatic rings. The Balaban J connectivity index is 1.79. The Hall–Kier alpha value is -0.670. The average molecular weight is 310 g/mol. The fourth-order valence-electron chi connectivity index (χ4n) is 2.43. The zero-order valence-electron chi connectivity index (χ0n) is 11.8. The average Bonchev–Trinajstić information content (AvgIpc) is 3.33. The number of amides is 1. The van der Waals surface area contributed by atoms with Gasteiger partial charge in [-0.2, -0.15) is 0 Å². The van der Waals surface area contributed by atoms with Gasteiger partial charge in [0.25, 0.3) is 5.91 Å². The van der Waals surface area contributed by atoms with Gasteiger partial charge in [0.15, 0.2) is 0 Å². The molecule has 2 aliphatic carbocycles. The second-order valence-electron chi connectivity index (χ2n) is 5.94. The van der Waals surface area contributed by atoms with Crippen molar-refractivity contribution in [1.82, 2.24) is 4.90 Å². The maximum absolute atomic E-state index is 12.8. The first-order chi connectivity index (χ1) is 9.67. The normalized spacial score (nSPS) is 18.1. The lowest BCUT2D eigenvalue weighted by Crippen LogP contribution is -2.35. The first-order valence-corrected chi connectivity index (χ1v) is 8.90. The maximum Gasteiger partial charge on any atom is 0.255 e. The molecule has 20 heavy (non-hydrogen) atoms. The molecule has 2 nitrogen and oxygen atoms in total. The van der Waals surface area contributed by atoms with Gasteiger partial charge in [0.2, 0.25) is 0 Å². The van der Waals surface area contributed by atoms with Crippen molar-refractivity contribution in [2.24, 2.45) is 11.8 Å². The molecule has 2 fully saturated rings. The van der Waals surface area contributed by atoms with E-state index in [2.05, 4.69) is 0 Å². The minimum atomic E-state index is 0.115. The summed E-state index contributed by atoms with van der Waals surface area (Å²) in [5, 5.41) is 0.574. The van der Waals surface area contributed by atoms with Crippen molar-refractivity contribution in [3.63, 3.8) is 0 Å². The van der Waals surface area contributed by atoms with Crippen LogP contribution in [0.3, 0.4) is 0 Å². The Bertz CT molecular complexity index is 497. The molecule has 0 spiro atoms. The van der Waals surface area contributed by atoms with Gasteiger partial charge >= 0.3 is 0 Å². The van der Waals surface area contributed by atoms with Crippen molar-refractivity contribution in [1.29, 1.82) is 0 Å². The molecule has 0 bridgehead atoms. The van der Waals surface area contributed by atoms with Gasteiger partial charge in [-0.1, -0.05) is 11.6 Å². The Kier molecular flexibility index (Phi) is 4.27. The summed E-state index contributed by atoms with van der Waals surface area (Å²) >= 11 is 7.88. The van der Waals surface area contributed by atoms with Gasteiger partial charge in [-0.3, -0.25) is 4.79 Å². The van der Waals surface area contributed by atoms with Crippen LogP contribution >= 0.6 is 23.4 Å². The van der Waals surface area contributed by atoms with Gasteiger partial charge in [-0.15, -0.1) is 11.8 Å². The van der Waals surface area contributed by atoms with Crippen molar-refractivity contribution in [2.45, 2.75) is 30.6 Å². The van der Waals surface area contributed by atoms with Gasteiger partial charge < -0.3 is 4.90 Å². The molecule has 0 atom stereocenters. The lowest BCUT2D eigenvalue weighted by Gasteiger charge is -2.23. The molecule has 1 amide bonds. The SMILES string of the molecule is CSc1ccc(Cl)c(C(=O)N(CC2CC2)CC2CC2)c1. The number of halogens is 1. The van der Waals surface area contributed by atoms with E-state index in [1.807, 2.05) is 29.4 Å². The predicted molar refractivity (Wildman–Crippen MR) is 84.6 cm³/mol. The number of rotatable bonds is 6. The zero-order valence-corrected chi connectivity index (χ0v) is 13.3. The van der Waals surface area contributed by atoms with Crippen LogP contribution in [0.5, 0.6) is 0 Å². The van der Waals surface area contributed by atoms with Crippen LogP contribution < -0.4 is 0 Å².